The van der Waals surface area contributed by atoms with Gasteiger partial charge in [-0.2, -0.15) is 0 Å². The van der Waals surface area contributed by atoms with Crippen molar-refractivity contribution in [3.8, 4) is 11.4 Å². The minimum absolute atomic E-state index is 0.0507. The smallest absolute Gasteiger partial charge is 0.263 e. The van der Waals surface area contributed by atoms with Gasteiger partial charge in [0.25, 0.3) is 6.43 Å². The van der Waals surface area contributed by atoms with Gasteiger partial charge in [-0.1, -0.05) is 25.1 Å². The van der Waals surface area contributed by atoms with Crippen molar-refractivity contribution in [2.45, 2.75) is 19.8 Å². The molecular formula is C13H14F2N4. The number of alkyl halides is 2. The van der Waals surface area contributed by atoms with Crippen LogP contribution in [0.3, 0.4) is 0 Å². The summed E-state index contributed by atoms with van der Waals surface area (Å²) in [6.07, 6.45) is -1.81. The number of nitrogens with one attached hydrogen (secondary N) is 1. The number of anilines is 1. The Bertz CT molecular complexity index is 550. The highest BCUT2D eigenvalue weighted by Crippen LogP contribution is 2.24. The molecule has 0 bridgehead atoms. The first-order valence-electron chi connectivity index (χ1n) is 5.87. The molecule has 0 aliphatic heterocycles. The number of hydrogen-bond donors (Lipinski definition) is 2. The number of rotatable bonds is 4. The van der Waals surface area contributed by atoms with Crippen molar-refractivity contribution in [3.63, 3.8) is 0 Å². The van der Waals surface area contributed by atoms with E-state index in [0.29, 0.717) is 23.6 Å². The van der Waals surface area contributed by atoms with E-state index >= 15 is 0 Å². The van der Waals surface area contributed by atoms with Gasteiger partial charge >= 0.3 is 0 Å². The van der Waals surface area contributed by atoms with Crippen LogP contribution in [0.25, 0.3) is 11.4 Å². The molecule has 0 saturated carbocycles. The molecule has 0 fully saturated rings. The fourth-order valence-corrected chi connectivity index (χ4v) is 1.70. The summed E-state index contributed by atoms with van der Waals surface area (Å²) in [4.78, 5) is 8.50. The SMILES string of the molecule is CCc1cc(NN)nc(-c2cccc(C(F)F)c2)n1. The maximum atomic E-state index is 12.7. The highest BCUT2D eigenvalue weighted by molar-refractivity contribution is 5.58. The summed E-state index contributed by atoms with van der Waals surface area (Å²) in [7, 11) is 0. The summed E-state index contributed by atoms with van der Waals surface area (Å²) in [5.74, 6) is 6.18. The summed E-state index contributed by atoms with van der Waals surface area (Å²) in [5.41, 5.74) is 3.74. The second-order valence-corrected chi connectivity index (χ2v) is 3.99. The van der Waals surface area contributed by atoms with Gasteiger partial charge in [-0.15, -0.1) is 0 Å². The summed E-state index contributed by atoms with van der Waals surface area (Å²) in [6.45, 7) is 1.95. The van der Waals surface area contributed by atoms with Gasteiger partial charge in [0.05, 0.1) is 0 Å². The first kappa shape index (κ1) is 13.4. The lowest BCUT2D eigenvalue weighted by Gasteiger charge is -2.08. The highest BCUT2D eigenvalue weighted by Gasteiger charge is 2.10. The summed E-state index contributed by atoms with van der Waals surface area (Å²) in [6, 6.07) is 7.75. The number of aromatic nitrogens is 2. The summed E-state index contributed by atoms with van der Waals surface area (Å²) >= 11 is 0. The monoisotopic (exact) mass is 264 g/mol. The van der Waals surface area contributed by atoms with Gasteiger partial charge in [-0.25, -0.2) is 24.6 Å². The first-order valence-corrected chi connectivity index (χ1v) is 5.87. The quantitative estimate of drug-likeness (QED) is 0.658. The molecule has 100 valence electrons. The lowest BCUT2D eigenvalue weighted by molar-refractivity contribution is 0.151. The number of aryl methyl sites for hydroxylation is 1. The van der Waals surface area contributed by atoms with Crippen LogP contribution in [-0.2, 0) is 6.42 Å². The molecule has 1 aromatic heterocycles. The Morgan fingerprint density at radius 1 is 1.26 bits per heavy atom. The van der Waals surface area contributed by atoms with E-state index < -0.39 is 6.43 Å². The molecule has 1 heterocycles. The average molecular weight is 264 g/mol. The molecule has 0 unspecified atom stereocenters. The van der Waals surface area contributed by atoms with Crippen molar-refractivity contribution < 1.29 is 8.78 Å². The lowest BCUT2D eigenvalue weighted by atomic mass is 10.1. The molecule has 0 aliphatic rings. The van der Waals surface area contributed by atoms with Crippen LogP contribution in [0.4, 0.5) is 14.6 Å². The molecule has 19 heavy (non-hydrogen) atoms. The predicted octanol–water partition coefficient (Wildman–Crippen LogP) is 2.93. The molecule has 1 aromatic carbocycles. The fraction of sp³-hybridized carbons (Fsp3) is 0.231. The van der Waals surface area contributed by atoms with Crippen LogP contribution < -0.4 is 11.3 Å². The van der Waals surface area contributed by atoms with Crippen molar-refractivity contribution in [1.29, 1.82) is 0 Å². The Kier molecular flexibility index (Phi) is 4.01. The maximum Gasteiger partial charge on any atom is 0.263 e. The fourth-order valence-electron chi connectivity index (χ4n) is 1.70. The molecule has 0 radical (unpaired) electrons. The van der Waals surface area contributed by atoms with E-state index in [9.17, 15) is 8.78 Å². The largest absolute Gasteiger partial charge is 0.308 e. The Labute approximate surface area is 109 Å². The Morgan fingerprint density at radius 2 is 2.05 bits per heavy atom. The van der Waals surface area contributed by atoms with E-state index in [1.165, 1.54) is 12.1 Å². The number of hydrogen-bond acceptors (Lipinski definition) is 4. The minimum Gasteiger partial charge on any atom is -0.308 e. The predicted molar refractivity (Wildman–Crippen MR) is 69.6 cm³/mol. The molecule has 0 saturated heterocycles. The topological polar surface area (TPSA) is 63.8 Å². The zero-order valence-electron chi connectivity index (χ0n) is 10.4. The molecule has 0 atom stereocenters. The normalized spacial score (nSPS) is 10.8. The third kappa shape index (κ3) is 3.03. The zero-order valence-corrected chi connectivity index (χ0v) is 10.4. The third-order valence-corrected chi connectivity index (χ3v) is 2.69. The van der Waals surface area contributed by atoms with Crippen molar-refractivity contribution in [2.75, 3.05) is 5.43 Å². The maximum absolute atomic E-state index is 12.7. The summed E-state index contributed by atoms with van der Waals surface area (Å²) < 4.78 is 25.4. The molecule has 6 heteroatoms. The van der Waals surface area contributed by atoms with Gasteiger partial charge in [-0.3, -0.25) is 0 Å². The van der Waals surface area contributed by atoms with Gasteiger partial charge in [-0.05, 0) is 12.5 Å². The molecule has 2 aromatic rings. The van der Waals surface area contributed by atoms with E-state index in [-0.39, 0.29) is 5.56 Å². The van der Waals surface area contributed by atoms with Gasteiger partial charge in [0, 0.05) is 22.9 Å². The lowest BCUT2D eigenvalue weighted by Crippen LogP contribution is -2.10. The second kappa shape index (κ2) is 5.71. The van der Waals surface area contributed by atoms with Crippen LogP contribution in [-0.4, -0.2) is 9.97 Å². The highest BCUT2D eigenvalue weighted by atomic mass is 19.3. The molecule has 0 spiro atoms. The number of nitrogens with zero attached hydrogens (tertiary/aromatic N) is 2. The Hall–Kier alpha value is -2.08. The Balaban J connectivity index is 2.48. The number of nitrogens with two attached hydrogens (primary N) is 1. The van der Waals surface area contributed by atoms with Crippen molar-refractivity contribution in [3.05, 3.63) is 41.6 Å². The first-order chi connectivity index (χ1) is 9.13. The van der Waals surface area contributed by atoms with Crippen molar-refractivity contribution in [1.82, 2.24) is 9.97 Å². The van der Waals surface area contributed by atoms with Crippen LogP contribution in [0.15, 0.2) is 30.3 Å². The van der Waals surface area contributed by atoms with Crippen LogP contribution in [0, 0.1) is 0 Å². The number of nitrogen functional groups attached to an aromatic ring is 1. The van der Waals surface area contributed by atoms with Gasteiger partial charge < -0.3 is 5.43 Å². The van der Waals surface area contributed by atoms with E-state index in [1.807, 2.05) is 6.92 Å². The third-order valence-electron chi connectivity index (χ3n) is 2.69. The molecule has 0 amide bonds. The van der Waals surface area contributed by atoms with E-state index in [0.717, 1.165) is 5.69 Å². The molecule has 3 N–H and O–H groups in total. The van der Waals surface area contributed by atoms with Gasteiger partial charge in [0.15, 0.2) is 5.82 Å². The molecular weight excluding hydrogens is 250 g/mol. The molecule has 4 nitrogen and oxygen atoms in total. The average Bonchev–Trinajstić information content (AvgIpc) is 2.46. The van der Waals surface area contributed by atoms with Crippen LogP contribution in [0.5, 0.6) is 0 Å². The molecule has 0 aliphatic carbocycles. The van der Waals surface area contributed by atoms with E-state index in [4.69, 9.17) is 5.84 Å². The molecule has 2 rings (SSSR count). The second-order valence-electron chi connectivity index (χ2n) is 3.99. The standard InChI is InChI=1S/C13H14F2N4/c1-2-10-7-11(19-16)18-13(17-10)9-5-3-4-8(6-9)12(14)15/h3-7,12H,2,16H2,1H3,(H,17,18,19). The number of halogens is 2. The van der Waals surface area contributed by atoms with Crippen molar-refractivity contribution in [2.24, 2.45) is 5.84 Å². The summed E-state index contributed by atoms with van der Waals surface area (Å²) in [5, 5.41) is 0. The Morgan fingerprint density at radius 3 is 2.68 bits per heavy atom. The zero-order chi connectivity index (χ0) is 13.8. The number of hydrazine groups is 1. The van der Waals surface area contributed by atoms with Gasteiger partial charge in [0.1, 0.15) is 5.82 Å². The van der Waals surface area contributed by atoms with Crippen molar-refractivity contribution >= 4 is 5.82 Å². The van der Waals surface area contributed by atoms with E-state index in [1.54, 1.807) is 18.2 Å². The minimum atomic E-state index is -2.51. The van der Waals surface area contributed by atoms with Crippen LogP contribution >= 0.6 is 0 Å². The van der Waals surface area contributed by atoms with Crippen LogP contribution in [0.2, 0.25) is 0 Å². The number of benzene rings is 1. The van der Waals surface area contributed by atoms with E-state index in [2.05, 4.69) is 15.4 Å². The van der Waals surface area contributed by atoms with Crippen LogP contribution in [0.1, 0.15) is 24.6 Å². The van der Waals surface area contributed by atoms with Gasteiger partial charge in [0.2, 0.25) is 0 Å².